The number of hydrogen-bond donors (Lipinski definition) is 5. The number of carbonyl (C=O) groups excluding carboxylic acids is 5. The summed E-state index contributed by atoms with van der Waals surface area (Å²) in [7, 11) is 0. The zero-order valence-corrected chi connectivity index (χ0v) is 26.7. The summed E-state index contributed by atoms with van der Waals surface area (Å²) in [4.78, 5) is 63.9. The van der Waals surface area contributed by atoms with Gasteiger partial charge in [0.2, 0.25) is 29.5 Å². The van der Waals surface area contributed by atoms with Crippen molar-refractivity contribution in [1.82, 2.24) is 26.6 Å². The Morgan fingerprint density at radius 3 is 2.11 bits per heavy atom. The number of carbonyl (C=O) groups is 5. The molecule has 0 saturated carbocycles. The second kappa shape index (κ2) is 17.2. The van der Waals surface area contributed by atoms with Crippen molar-refractivity contribution in [1.29, 1.82) is 0 Å². The van der Waals surface area contributed by atoms with Gasteiger partial charge in [-0.05, 0) is 49.1 Å². The van der Waals surface area contributed by atoms with E-state index in [9.17, 15) is 24.0 Å². The van der Waals surface area contributed by atoms with Crippen LogP contribution in [0.2, 0.25) is 0 Å². The smallest absolute Gasteiger partial charge is 0.243 e. The van der Waals surface area contributed by atoms with E-state index in [2.05, 4.69) is 26.6 Å². The SMILES string of the molecule is CC(C)(C)NC(=O)CC[C@H](NC(=O)CCNC(=O)CCl)C(=O)N[C@@H](Cc1ccccc1)C(=O)NCc1cccc2ccccc12. The van der Waals surface area contributed by atoms with E-state index in [1.165, 1.54) is 0 Å². The topological polar surface area (TPSA) is 146 Å². The van der Waals surface area contributed by atoms with Gasteiger partial charge < -0.3 is 26.6 Å². The monoisotopic (exact) mass is 635 g/mol. The van der Waals surface area contributed by atoms with Crippen molar-refractivity contribution in [2.45, 2.75) is 70.6 Å². The van der Waals surface area contributed by atoms with Gasteiger partial charge in [-0.3, -0.25) is 24.0 Å². The van der Waals surface area contributed by atoms with Gasteiger partial charge >= 0.3 is 0 Å². The lowest BCUT2D eigenvalue weighted by Gasteiger charge is -2.24. The molecule has 3 rings (SSSR count). The molecule has 5 amide bonds. The van der Waals surface area contributed by atoms with Gasteiger partial charge in [-0.25, -0.2) is 0 Å². The quantitative estimate of drug-likeness (QED) is 0.163. The maximum Gasteiger partial charge on any atom is 0.243 e. The number of amides is 5. The molecule has 45 heavy (non-hydrogen) atoms. The highest BCUT2D eigenvalue weighted by Gasteiger charge is 2.28. The molecule has 0 fully saturated rings. The van der Waals surface area contributed by atoms with Gasteiger partial charge in [0.1, 0.15) is 18.0 Å². The van der Waals surface area contributed by atoms with E-state index in [0.717, 1.165) is 21.9 Å². The minimum absolute atomic E-state index is 0.00318. The van der Waals surface area contributed by atoms with E-state index < -0.39 is 35.3 Å². The summed E-state index contributed by atoms with van der Waals surface area (Å²) >= 11 is 5.49. The summed E-state index contributed by atoms with van der Waals surface area (Å²) < 4.78 is 0. The molecule has 0 spiro atoms. The van der Waals surface area contributed by atoms with Crippen molar-refractivity contribution in [3.8, 4) is 0 Å². The van der Waals surface area contributed by atoms with Crippen LogP contribution in [0.1, 0.15) is 51.2 Å². The number of hydrogen-bond acceptors (Lipinski definition) is 5. The Hall–Kier alpha value is -4.44. The molecular formula is C34H42ClN5O5. The summed E-state index contributed by atoms with van der Waals surface area (Å²) in [5, 5.41) is 15.9. The van der Waals surface area contributed by atoms with Gasteiger partial charge in [-0.1, -0.05) is 72.8 Å². The Kier molecular flexibility index (Phi) is 13.4. The van der Waals surface area contributed by atoms with Gasteiger partial charge in [0.25, 0.3) is 0 Å². The summed E-state index contributed by atoms with van der Waals surface area (Å²) in [6, 6.07) is 21.0. The molecule has 0 aliphatic carbocycles. The van der Waals surface area contributed by atoms with Gasteiger partial charge in [-0.2, -0.15) is 0 Å². The van der Waals surface area contributed by atoms with Crippen molar-refractivity contribution in [3.05, 3.63) is 83.9 Å². The first-order chi connectivity index (χ1) is 21.4. The lowest BCUT2D eigenvalue weighted by molar-refractivity contribution is -0.133. The van der Waals surface area contributed by atoms with Crippen molar-refractivity contribution in [2.24, 2.45) is 0 Å². The summed E-state index contributed by atoms with van der Waals surface area (Å²) in [5.74, 6) is -2.42. The van der Waals surface area contributed by atoms with Crippen LogP contribution < -0.4 is 26.6 Å². The second-order valence-electron chi connectivity index (χ2n) is 11.8. The van der Waals surface area contributed by atoms with Crippen molar-refractivity contribution in [3.63, 3.8) is 0 Å². The third-order valence-corrected chi connectivity index (χ3v) is 7.11. The molecule has 2 atom stereocenters. The fourth-order valence-corrected chi connectivity index (χ4v) is 4.83. The van der Waals surface area contributed by atoms with E-state index in [4.69, 9.17) is 11.6 Å². The van der Waals surface area contributed by atoms with E-state index >= 15 is 0 Å². The van der Waals surface area contributed by atoms with Gasteiger partial charge in [0.05, 0.1) is 0 Å². The minimum Gasteiger partial charge on any atom is -0.355 e. The predicted molar refractivity (Wildman–Crippen MR) is 175 cm³/mol. The molecule has 0 bridgehead atoms. The average molecular weight is 636 g/mol. The fraction of sp³-hybridized carbons (Fsp3) is 0.382. The van der Waals surface area contributed by atoms with E-state index in [1.807, 2.05) is 93.6 Å². The van der Waals surface area contributed by atoms with Crippen LogP contribution in [0.3, 0.4) is 0 Å². The number of benzene rings is 3. The van der Waals surface area contributed by atoms with Crippen LogP contribution >= 0.6 is 11.6 Å². The Morgan fingerprint density at radius 1 is 0.711 bits per heavy atom. The largest absolute Gasteiger partial charge is 0.355 e. The number of rotatable bonds is 15. The Labute approximate surface area is 269 Å². The molecule has 3 aromatic carbocycles. The number of nitrogens with one attached hydrogen (secondary N) is 5. The minimum atomic E-state index is -1.10. The Bertz CT molecular complexity index is 1470. The number of fused-ring (bicyclic) bond motifs is 1. The van der Waals surface area contributed by atoms with Gasteiger partial charge in [-0.15, -0.1) is 11.6 Å². The highest BCUT2D eigenvalue weighted by atomic mass is 35.5. The molecule has 0 aliphatic heterocycles. The van der Waals surface area contributed by atoms with Crippen LogP contribution in [-0.2, 0) is 36.9 Å². The van der Waals surface area contributed by atoms with Crippen molar-refractivity contribution < 1.29 is 24.0 Å². The molecule has 11 heteroatoms. The van der Waals surface area contributed by atoms with Crippen LogP contribution in [0.15, 0.2) is 72.8 Å². The van der Waals surface area contributed by atoms with E-state index in [1.54, 1.807) is 0 Å². The fourth-order valence-electron chi connectivity index (χ4n) is 4.74. The molecule has 0 aliphatic rings. The van der Waals surface area contributed by atoms with Gasteiger partial charge in [0.15, 0.2) is 0 Å². The van der Waals surface area contributed by atoms with Gasteiger partial charge in [0, 0.05) is 37.9 Å². The molecule has 0 saturated heterocycles. The summed E-state index contributed by atoms with van der Waals surface area (Å²) in [6.07, 6.45) is 0.0849. The summed E-state index contributed by atoms with van der Waals surface area (Å²) in [6.45, 7) is 5.82. The molecule has 5 N–H and O–H groups in total. The van der Waals surface area contributed by atoms with E-state index in [0.29, 0.717) is 0 Å². The van der Waals surface area contributed by atoms with Crippen LogP contribution in [-0.4, -0.2) is 59.6 Å². The molecule has 0 heterocycles. The standard InChI is InChI=1S/C34H42ClN5O5/c1-34(2,3)40-30(42)17-16-27(38-29(41)18-19-36-31(43)21-35)33(45)39-28(20-23-10-5-4-6-11-23)32(44)37-22-25-14-9-13-24-12-7-8-15-26(24)25/h4-15,27-28H,16-22H2,1-3H3,(H,36,43)(H,37,44)(H,38,41)(H,39,45)(H,40,42)/t27-,28-/m0/s1. The zero-order valence-electron chi connectivity index (χ0n) is 26.0. The van der Waals surface area contributed by atoms with Crippen LogP contribution in [0.25, 0.3) is 10.8 Å². The number of halogens is 1. The first-order valence-corrected chi connectivity index (χ1v) is 15.5. The maximum atomic E-state index is 13.6. The highest BCUT2D eigenvalue weighted by molar-refractivity contribution is 6.27. The Balaban J connectivity index is 1.76. The lowest BCUT2D eigenvalue weighted by atomic mass is 10.0. The molecule has 240 valence electrons. The molecule has 0 unspecified atom stereocenters. The highest BCUT2D eigenvalue weighted by Crippen LogP contribution is 2.18. The zero-order chi connectivity index (χ0) is 32.8. The number of alkyl halides is 1. The Morgan fingerprint density at radius 2 is 1.40 bits per heavy atom. The summed E-state index contributed by atoms with van der Waals surface area (Å²) in [5.41, 5.74) is 1.30. The molecule has 0 aromatic heterocycles. The molecule has 0 radical (unpaired) electrons. The maximum absolute atomic E-state index is 13.6. The molecule has 3 aromatic rings. The third-order valence-electron chi connectivity index (χ3n) is 6.87. The second-order valence-corrected chi connectivity index (χ2v) is 12.1. The first-order valence-electron chi connectivity index (χ1n) is 15.0. The third kappa shape index (κ3) is 12.2. The predicted octanol–water partition coefficient (Wildman–Crippen LogP) is 3.11. The molecular weight excluding hydrogens is 594 g/mol. The van der Waals surface area contributed by atoms with Crippen molar-refractivity contribution >= 4 is 51.9 Å². The van der Waals surface area contributed by atoms with Crippen LogP contribution in [0.4, 0.5) is 0 Å². The first kappa shape index (κ1) is 35.0. The normalized spacial score (nSPS) is 12.4. The van der Waals surface area contributed by atoms with Crippen LogP contribution in [0.5, 0.6) is 0 Å². The lowest BCUT2D eigenvalue weighted by Crippen LogP contribution is -2.54. The molecule has 10 nitrogen and oxygen atoms in total. The average Bonchev–Trinajstić information content (AvgIpc) is 3.01. The van der Waals surface area contributed by atoms with Crippen molar-refractivity contribution in [2.75, 3.05) is 12.4 Å². The van der Waals surface area contributed by atoms with Crippen LogP contribution in [0, 0.1) is 0 Å². The van der Waals surface area contributed by atoms with E-state index in [-0.39, 0.29) is 56.5 Å².